The number of thioether (sulfide) groups is 1. The zero-order valence-corrected chi connectivity index (χ0v) is 15.0. The van der Waals surface area contributed by atoms with Gasteiger partial charge in [0.1, 0.15) is 5.01 Å². The van der Waals surface area contributed by atoms with Crippen LogP contribution >= 0.6 is 34.7 Å². The normalized spacial score (nSPS) is 11.5. The Morgan fingerprint density at radius 2 is 2.09 bits per heavy atom. The van der Waals surface area contributed by atoms with E-state index in [1.165, 1.54) is 9.77 Å². The van der Waals surface area contributed by atoms with Gasteiger partial charge in [0.2, 0.25) is 0 Å². The molecular weight excluding hydrogens is 336 g/mol. The first kappa shape index (κ1) is 17.1. The second kappa shape index (κ2) is 9.02. The van der Waals surface area contributed by atoms with Gasteiger partial charge in [-0.05, 0) is 31.2 Å². The molecule has 0 aliphatic rings. The quantitative estimate of drug-likeness (QED) is 0.360. The van der Waals surface area contributed by atoms with Gasteiger partial charge >= 0.3 is 0 Å². The molecule has 0 spiro atoms. The summed E-state index contributed by atoms with van der Waals surface area (Å²) in [5, 5.41) is 8.40. The highest BCUT2D eigenvalue weighted by molar-refractivity contribution is 7.99. The van der Waals surface area contributed by atoms with Crippen molar-refractivity contribution in [2.24, 2.45) is 4.99 Å². The first-order valence-electron chi connectivity index (χ1n) is 6.91. The van der Waals surface area contributed by atoms with Gasteiger partial charge in [0.05, 0.1) is 6.54 Å². The van der Waals surface area contributed by atoms with Gasteiger partial charge in [-0.1, -0.05) is 11.6 Å². The standard InChI is InChI=1S/C15H19ClN4S2/c1-11-9-19-14(22-11)10-20-15(17-2)18-7-8-21-13-5-3-12(16)4-6-13/h3-6,9H,7-8,10H2,1-2H3,(H2,17,18,20). The molecule has 1 heterocycles. The monoisotopic (exact) mass is 354 g/mol. The number of hydrogen-bond donors (Lipinski definition) is 2. The molecule has 22 heavy (non-hydrogen) atoms. The predicted molar refractivity (Wildman–Crippen MR) is 97.2 cm³/mol. The van der Waals surface area contributed by atoms with Crippen molar-refractivity contribution < 1.29 is 0 Å². The molecule has 2 N–H and O–H groups in total. The lowest BCUT2D eigenvalue weighted by Crippen LogP contribution is -2.37. The number of rotatable bonds is 6. The molecule has 118 valence electrons. The summed E-state index contributed by atoms with van der Waals surface area (Å²) in [5.41, 5.74) is 0. The lowest BCUT2D eigenvalue weighted by atomic mass is 10.4. The molecule has 1 aromatic heterocycles. The van der Waals surface area contributed by atoms with E-state index in [-0.39, 0.29) is 0 Å². The second-order valence-electron chi connectivity index (χ2n) is 4.52. The Morgan fingerprint density at radius 3 is 2.73 bits per heavy atom. The number of hydrogen-bond acceptors (Lipinski definition) is 4. The Bertz CT molecular complexity index is 610. The van der Waals surface area contributed by atoms with Crippen LogP contribution in [0.5, 0.6) is 0 Å². The molecule has 1 aromatic carbocycles. The Kier molecular flexibility index (Phi) is 7.02. The summed E-state index contributed by atoms with van der Waals surface area (Å²) in [4.78, 5) is 11.0. The molecule has 0 bridgehead atoms. The zero-order valence-electron chi connectivity index (χ0n) is 12.6. The number of nitrogens with zero attached hydrogens (tertiary/aromatic N) is 2. The van der Waals surface area contributed by atoms with E-state index >= 15 is 0 Å². The first-order chi connectivity index (χ1) is 10.7. The highest BCUT2D eigenvalue weighted by Gasteiger charge is 2.01. The van der Waals surface area contributed by atoms with Gasteiger partial charge in [-0.25, -0.2) is 4.98 Å². The van der Waals surface area contributed by atoms with Crippen molar-refractivity contribution in [1.82, 2.24) is 15.6 Å². The molecule has 0 radical (unpaired) electrons. The van der Waals surface area contributed by atoms with Gasteiger partial charge in [0.25, 0.3) is 0 Å². The summed E-state index contributed by atoms with van der Waals surface area (Å²) < 4.78 is 0. The lowest BCUT2D eigenvalue weighted by Gasteiger charge is -2.10. The Hall–Kier alpha value is -1.24. The summed E-state index contributed by atoms with van der Waals surface area (Å²) in [6.45, 7) is 3.59. The first-order valence-corrected chi connectivity index (χ1v) is 9.09. The Balaban J connectivity index is 1.67. The van der Waals surface area contributed by atoms with Crippen LogP contribution in [0.2, 0.25) is 5.02 Å². The van der Waals surface area contributed by atoms with Crippen LogP contribution in [0.15, 0.2) is 40.4 Å². The topological polar surface area (TPSA) is 49.3 Å². The number of guanidine groups is 1. The van der Waals surface area contributed by atoms with Crippen molar-refractivity contribution in [2.75, 3.05) is 19.3 Å². The van der Waals surface area contributed by atoms with E-state index in [0.29, 0.717) is 6.54 Å². The maximum absolute atomic E-state index is 5.87. The maximum atomic E-state index is 5.87. The number of benzene rings is 1. The number of thiazole rings is 1. The van der Waals surface area contributed by atoms with Crippen LogP contribution in [0.1, 0.15) is 9.88 Å². The van der Waals surface area contributed by atoms with E-state index in [0.717, 1.165) is 28.3 Å². The number of aromatic nitrogens is 1. The van der Waals surface area contributed by atoms with Gasteiger partial charge in [0.15, 0.2) is 5.96 Å². The van der Waals surface area contributed by atoms with Crippen molar-refractivity contribution in [3.63, 3.8) is 0 Å². The molecule has 0 unspecified atom stereocenters. The second-order valence-corrected chi connectivity index (χ2v) is 7.44. The molecular formula is C15H19ClN4S2. The van der Waals surface area contributed by atoms with Crippen molar-refractivity contribution >= 4 is 40.7 Å². The van der Waals surface area contributed by atoms with Gasteiger partial charge in [-0.15, -0.1) is 23.1 Å². The largest absolute Gasteiger partial charge is 0.356 e. The van der Waals surface area contributed by atoms with Crippen molar-refractivity contribution in [3.8, 4) is 0 Å². The molecule has 0 aliphatic carbocycles. The lowest BCUT2D eigenvalue weighted by molar-refractivity contribution is 0.827. The fourth-order valence-electron chi connectivity index (χ4n) is 1.73. The molecule has 4 nitrogen and oxygen atoms in total. The van der Waals surface area contributed by atoms with Gasteiger partial charge in [-0.2, -0.15) is 0 Å². The van der Waals surface area contributed by atoms with Gasteiger partial charge in [-0.3, -0.25) is 4.99 Å². The molecule has 0 amide bonds. The fraction of sp³-hybridized carbons (Fsp3) is 0.333. The fourth-order valence-corrected chi connectivity index (χ4v) is 3.35. The third-order valence-electron chi connectivity index (χ3n) is 2.78. The molecule has 0 fully saturated rings. The molecule has 2 rings (SSSR count). The van der Waals surface area contributed by atoms with Crippen LogP contribution in [0.25, 0.3) is 0 Å². The molecule has 2 aromatic rings. The van der Waals surface area contributed by atoms with Crippen molar-refractivity contribution in [3.05, 3.63) is 45.4 Å². The minimum Gasteiger partial charge on any atom is -0.356 e. The van der Waals surface area contributed by atoms with Gasteiger partial charge < -0.3 is 10.6 Å². The summed E-state index contributed by atoms with van der Waals surface area (Å²) >= 11 is 9.35. The molecule has 0 atom stereocenters. The average molecular weight is 355 g/mol. The van der Waals surface area contributed by atoms with E-state index in [2.05, 4.69) is 27.5 Å². The molecule has 0 saturated carbocycles. The van der Waals surface area contributed by atoms with Crippen molar-refractivity contribution in [1.29, 1.82) is 0 Å². The van der Waals surface area contributed by atoms with Gasteiger partial charge in [0, 0.05) is 40.3 Å². The number of aliphatic imine (C=N–C) groups is 1. The molecule has 7 heteroatoms. The average Bonchev–Trinajstić information content (AvgIpc) is 2.94. The van der Waals surface area contributed by atoms with Crippen LogP contribution in [0.4, 0.5) is 0 Å². The highest BCUT2D eigenvalue weighted by Crippen LogP contribution is 2.19. The van der Waals surface area contributed by atoms with Crippen LogP contribution < -0.4 is 10.6 Å². The third kappa shape index (κ3) is 5.87. The number of halogens is 1. The van der Waals surface area contributed by atoms with Crippen LogP contribution in [0.3, 0.4) is 0 Å². The third-order valence-corrected chi connectivity index (χ3v) is 4.96. The number of aryl methyl sites for hydroxylation is 1. The highest BCUT2D eigenvalue weighted by atomic mass is 35.5. The summed E-state index contributed by atoms with van der Waals surface area (Å²) in [7, 11) is 1.77. The maximum Gasteiger partial charge on any atom is 0.191 e. The Labute approximate surface area is 144 Å². The minimum absolute atomic E-state index is 0.697. The number of nitrogens with one attached hydrogen (secondary N) is 2. The van der Waals surface area contributed by atoms with E-state index < -0.39 is 0 Å². The van der Waals surface area contributed by atoms with E-state index in [1.54, 1.807) is 30.1 Å². The summed E-state index contributed by atoms with van der Waals surface area (Å²) in [6.07, 6.45) is 1.89. The Morgan fingerprint density at radius 1 is 1.32 bits per heavy atom. The molecule has 0 aliphatic heterocycles. The van der Waals surface area contributed by atoms with Crippen molar-refractivity contribution in [2.45, 2.75) is 18.4 Å². The van der Waals surface area contributed by atoms with Crippen LogP contribution in [-0.4, -0.2) is 30.3 Å². The smallest absolute Gasteiger partial charge is 0.191 e. The summed E-state index contributed by atoms with van der Waals surface area (Å²) in [5.74, 6) is 1.75. The predicted octanol–water partition coefficient (Wildman–Crippen LogP) is 3.56. The SMILES string of the molecule is CN=C(NCCSc1ccc(Cl)cc1)NCc1ncc(C)s1. The van der Waals surface area contributed by atoms with Crippen LogP contribution in [-0.2, 0) is 6.54 Å². The zero-order chi connectivity index (χ0) is 15.8. The summed E-state index contributed by atoms with van der Waals surface area (Å²) in [6, 6.07) is 7.89. The minimum atomic E-state index is 0.697. The van der Waals surface area contributed by atoms with E-state index in [9.17, 15) is 0 Å². The molecule has 0 saturated heterocycles. The van der Waals surface area contributed by atoms with Crippen LogP contribution in [0, 0.1) is 6.92 Å². The van der Waals surface area contributed by atoms with E-state index in [1.807, 2.05) is 30.5 Å². The van der Waals surface area contributed by atoms with E-state index in [4.69, 9.17) is 11.6 Å².